The SMILES string of the molecule is Cl.Fc1ccc(Cc2cnc(C3CCCN3)cn2)cc1. The molecule has 1 unspecified atom stereocenters. The van der Waals surface area contributed by atoms with E-state index in [0.29, 0.717) is 12.5 Å². The van der Waals surface area contributed by atoms with Crippen LogP contribution in [0.25, 0.3) is 0 Å². The van der Waals surface area contributed by atoms with Crippen molar-refractivity contribution < 1.29 is 4.39 Å². The van der Waals surface area contributed by atoms with Gasteiger partial charge in [-0.15, -0.1) is 12.4 Å². The van der Waals surface area contributed by atoms with Gasteiger partial charge in [0.05, 0.1) is 23.6 Å². The Hall–Kier alpha value is -1.52. The highest BCUT2D eigenvalue weighted by Gasteiger charge is 2.17. The lowest BCUT2D eigenvalue weighted by Crippen LogP contribution is -2.14. The minimum absolute atomic E-state index is 0. The van der Waals surface area contributed by atoms with Crippen molar-refractivity contribution >= 4 is 12.4 Å². The first-order chi connectivity index (χ1) is 9.31. The van der Waals surface area contributed by atoms with Gasteiger partial charge in [-0.25, -0.2) is 4.39 Å². The van der Waals surface area contributed by atoms with Gasteiger partial charge in [0.15, 0.2) is 0 Å². The Morgan fingerprint density at radius 3 is 2.55 bits per heavy atom. The molecule has 0 spiro atoms. The highest BCUT2D eigenvalue weighted by molar-refractivity contribution is 5.85. The van der Waals surface area contributed by atoms with Gasteiger partial charge >= 0.3 is 0 Å². The van der Waals surface area contributed by atoms with Crippen LogP contribution in [0.5, 0.6) is 0 Å². The minimum atomic E-state index is -0.211. The van der Waals surface area contributed by atoms with E-state index in [9.17, 15) is 4.39 Å². The van der Waals surface area contributed by atoms with Gasteiger partial charge in [0.2, 0.25) is 0 Å². The molecule has 5 heteroatoms. The lowest BCUT2D eigenvalue weighted by Gasteiger charge is -2.09. The highest BCUT2D eigenvalue weighted by Crippen LogP contribution is 2.20. The summed E-state index contributed by atoms with van der Waals surface area (Å²) in [5, 5.41) is 3.40. The molecule has 0 radical (unpaired) electrons. The first-order valence-corrected chi connectivity index (χ1v) is 6.60. The normalized spacial score (nSPS) is 17.8. The molecular weight excluding hydrogens is 277 g/mol. The monoisotopic (exact) mass is 293 g/mol. The molecule has 3 rings (SSSR count). The lowest BCUT2D eigenvalue weighted by atomic mass is 10.1. The minimum Gasteiger partial charge on any atom is -0.309 e. The molecule has 2 aromatic rings. The summed E-state index contributed by atoms with van der Waals surface area (Å²) in [6.07, 6.45) is 6.68. The second kappa shape index (κ2) is 6.77. The van der Waals surface area contributed by atoms with Crippen molar-refractivity contribution in [1.82, 2.24) is 15.3 Å². The molecular formula is C15H17ClFN3. The van der Waals surface area contributed by atoms with E-state index >= 15 is 0 Å². The van der Waals surface area contributed by atoms with Gasteiger partial charge in [0.25, 0.3) is 0 Å². The van der Waals surface area contributed by atoms with Crippen molar-refractivity contribution in [1.29, 1.82) is 0 Å². The van der Waals surface area contributed by atoms with Gasteiger partial charge < -0.3 is 5.32 Å². The van der Waals surface area contributed by atoms with Crippen LogP contribution in [0, 0.1) is 5.82 Å². The highest BCUT2D eigenvalue weighted by atomic mass is 35.5. The quantitative estimate of drug-likeness (QED) is 0.945. The van der Waals surface area contributed by atoms with E-state index < -0.39 is 0 Å². The molecule has 1 aromatic carbocycles. The predicted molar refractivity (Wildman–Crippen MR) is 78.5 cm³/mol. The first kappa shape index (κ1) is 14.9. The third kappa shape index (κ3) is 3.52. The standard InChI is InChI=1S/C15H16FN3.ClH/c16-12-5-3-11(4-6-12)8-13-9-19-15(10-18-13)14-2-1-7-17-14;/h3-6,9-10,14,17H,1-2,7-8H2;1H. The number of halogens is 2. The van der Waals surface area contributed by atoms with Gasteiger partial charge in [0.1, 0.15) is 5.82 Å². The molecule has 1 saturated heterocycles. The van der Waals surface area contributed by atoms with E-state index in [0.717, 1.165) is 29.9 Å². The maximum absolute atomic E-state index is 12.8. The largest absolute Gasteiger partial charge is 0.309 e. The zero-order valence-electron chi connectivity index (χ0n) is 11.1. The number of hydrogen-bond donors (Lipinski definition) is 1. The van der Waals surface area contributed by atoms with Gasteiger partial charge in [-0.05, 0) is 37.1 Å². The van der Waals surface area contributed by atoms with Crippen molar-refractivity contribution in [2.45, 2.75) is 25.3 Å². The molecule has 106 valence electrons. The van der Waals surface area contributed by atoms with E-state index in [1.165, 1.54) is 18.6 Å². The summed E-state index contributed by atoms with van der Waals surface area (Å²) in [7, 11) is 0. The smallest absolute Gasteiger partial charge is 0.123 e. The fourth-order valence-corrected chi connectivity index (χ4v) is 2.38. The summed E-state index contributed by atoms with van der Waals surface area (Å²) in [4.78, 5) is 8.92. The number of rotatable bonds is 3. The molecule has 20 heavy (non-hydrogen) atoms. The number of hydrogen-bond acceptors (Lipinski definition) is 3. The van der Waals surface area contributed by atoms with E-state index in [-0.39, 0.29) is 18.2 Å². The summed E-state index contributed by atoms with van der Waals surface area (Å²) in [5.41, 5.74) is 2.97. The van der Waals surface area contributed by atoms with Crippen molar-refractivity contribution in [3.63, 3.8) is 0 Å². The Labute approximate surface area is 124 Å². The Balaban J connectivity index is 0.00000147. The Morgan fingerprint density at radius 2 is 1.95 bits per heavy atom. The third-order valence-corrected chi connectivity index (χ3v) is 3.44. The molecule has 1 aliphatic heterocycles. The zero-order valence-corrected chi connectivity index (χ0v) is 11.9. The summed E-state index contributed by atoms with van der Waals surface area (Å²) in [5.74, 6) is -0.211. The maximum atomic E-state index is 12.8. The average Bonchev–Trinajstić information content (AvgIpc) is 2.96. The number of nitrogens with zero attached hydrogens (tertiary/aromatic N) is 2. The zero-order chi connectivity index (χ0) is 13.1. The van der Waals surface area contributed by atoms with Crippen LogP contribution >= 0.6 is 12.4 Å². The fraction of sp³-hybridized carbons (Fsp3) is 0.333. The third-order valence-electron chi connectivity index (χ3n) is 3.44. The van der Waals surface area contributed by atoms with E-state index in [2.05, 4.69) is 15.3 Å². The molecule has 0 bridgehead atoms. The van der Waals surface area contributed by atoms with Crippen LogP contribution in [0.2, 0.25) is 0 Å². The molecule has 0 aliphatic carbocycles. The van der Waals surface area contributed by atoms with E-state index in [4.69, 9.17) is 0 Å². The van der Waals surface area contributed by atoms with Crippen LogP contribution < -0.4 is 5.32 Å². The van der Waals surface area contributed by atoms with Crippen LogP contribution in [0.3, 0.4) is 0 Å². The number of nitrogens with one attached hydrogen (secondary N) is 1. The topological polar surface area (TPSA) is 37.8 Å². The molecule has 1 aromatic heterocycles. The predicted octanol–water partition coefficient (Wildman–Crippen LogP) is 3.05. The van der Waals surface area contributed by atoms with Gasteiger partial charge in [-0.2, -0.15) is 0 Å². The Bertz CT molecular complexity index is 536. The van der Waals surface area contributed by atoms with Crippen LogP contribution in [-0.4, -0.2) is 16.5 Å². The summed E-state index contributed by atoms with van der Waals surface area (Å²) in [6.45, 7) is 1.06. The van der Waals surface area contributed by atoms with Gasteiger partial charge in [-0.1, -0.05) is 12.1 Å². The van der Waals surface area contributed by atoms with Crippen molar-refractivity contribution in [2.24, 2.45) is 0 Å². The maximum Gasteiger partial charge on any atom is 0.123 e. The number of aromatic nitrogens is 2. The lowest BCUT2D eigenvalue weighted by molar-refractivity contribution is 0.622. The molecule has 2 heterocycles. The molecule has 1 N–H and O–H groups in total. The Kier molecular flexibility index (Phi) is 5.04. The fourth-order valence-electron chi connectivity index (χ4n) is 2.38. The van der Waals surface area contributed by atoms with Gasteiger partial charge in [0, 0.05) is 12.6 Å². The molecule has 3 nitrogen and oxygen atoms in total. The summed E-state index contributed by atoms with van der Waals surface area (Å²) < 4.78 is 12.8. The molecule has 0 saturated carbocycles. The van der Waals surface area contributed by atoms with Crippen molar-refractivity contribution in [3.8, 4) is 0 Å². The van der Waals surface area contributed by atoms with Gasteiger partial charge in [-0.3, -0.25) is 9.97 Å². The second-order valence-corrected chi connectivity index (χ2v) is 4.88. The van der Waals surface area contributed by atoms with Crippen LogP contribution in [0.15, 0.2) is 36.7 Å². The second-order valence-electron chi connectivity index (χ2n) is 4.88. The molecule has 1 atom stereocenters. The van der Waals surface area contributed by atoms with Crippen molar-refractivity contribution in [3.05, 3.63) is 59.4 Å². The van der Waals surface area contributed by atoms with Crippen LogP contribution in [-0.2, 0) is 6.42 Å². The molecule has 0 amide bonds. The Morgan fingerprint density at radius 1 is 1.15 bits per heavy atom. The summed E-state index contributed by atoms with van der Waals surface area (Å²) in [6, 6.07) is 6.86. The van der Waals surface area contributed by atoms with Crippen LogP contribution in [0.4, 0.5) is 4.39 Å². The van der Waals surface area contributed by atoms with Crippen LogP contribution in [0.1, 0.15) is 35.8 Å². The average molecular weight is 294 g/mol. The van der Waals surface area contributed by atoms with E-state index in [1.54, 1.807) is 12.1 Å². The molecule has 1 fully saturated rings. The van der Waals surface area contributed by atoms with Crippen molar-refractivity contribution in [2.75, 3.05) is 6.54 Å². The molecule has 1 aliphatic rings. The first-order valence-electron chi connectivity index (χ1n) is 6.60. The van der Waals surface area contributed by atoms with E-state index in [1.807, 2.05) is 12.4 Å². The number of benzene rings is 1. The summed E-state index contributed by atoms with van der Waals surface area (Å²) >= 11 is 0.